The van der Waals surface area contributed by atoms with Crippen molar-refractivity contribution in [1.82, 2.24) is 19.5 Å². The standard InChI is InChI=1S/C16H29N6O13P3S/c17-5-3-1-2-4-6-39-16-20-13(18)10-14(21-16)22(8-19-10)15-12(24)11(23)9(33-15)7-32-37(28,29)35-38(30,31)34-36(25,26)27/h8-9,11-12,15,23-24H,1-7,17H2,(H,28,29)(H,30,31)(H2,18,20,21)(H2,25,26,27). The molecule has 0 amide bonds. The Morgan fingerprint density at radius 1 is 1.00 bits per heavy atom. The van der Waals surface area contributed by atoms with Crippen molar-refractivity contribution >= 4 is 52.2 Å². The minimum absolute atomic E-state index is 0.0709. The number of ether oxygens (including phenoxy) is 1. The molecular weight excluding hydrogens is 609 g/mol. The fourth-order valence-corrected chi connectivity index (χ4v) is 7.37. The number of rotatable bonds is 15. The van der Waals surface area contributed by atoms with E-state index >= 15 is 0 Å². The molecule has 3 rings (SSSR count). The molecule has 0 saturated carbocycles. The number of aromatic nitrogens is 4. The van der Waals surface area contributed by atoms with Crippen LogP contribution in [0.5, 0.6) is 0 Å². The van der Waals surface area contributed by atoms with E-state index in [-0.39, 0.29) is 17.0 Å². The molecule has 1 fully saturated rings. The quantitative estimate of drug-likeness (QED) is 0.0550. The summed E-state index contributed by atoms with van der Waals surface area (Å²) in [6, 6.07) is 0. The maximum atomic E-state index is 12.0. The Morgan fingerprint density at radius 3 is 2.36 bits per heavy atom. The van der Waals surface area contributed by atoms with Crippen molar-refractivity contribution in [3.63, 3.8) is 0 Å². The lowest BCUT2D eigenvalue weighted by Crippen LogP contribution is -2.33. The third kappa shape index (κ3) is 9.22. The Balaban J connectivity index is 1.68. The van der Waals surface area contributed by atoms with Crippen LogP contribution in [0.1, 0.15) is 31.9 Å². The molecule has 0 spiro atoms. The Labute approximate surface area is 225 Å². The van der Waals surface area contributed by atoms with E-state index in [4.69, 9.17) is 26.0 Å². The summed E-state index contributed by atoms with van der Waals surface area (Å²) in [7, 11) is -16.8. The van der Waals surface area contributed by atoms with Crippen LogP contribution >= 0.6 is 35.2 Å². The number of nitrogens with zero attached hydrogens (tertiary/aromatic N) is 4. The van der Waals surface area contributed by atoms with Crippen molar-refractivity contribution in [2.75, 3.05) is 24.6 Å². The number of aliphatic hydroxyl groups excluding tert-OH is 2. The highest BCUT2D eigenvalue weighted by Gasteiger charge is 2.47. The molecule has 10 N–H and O–H groups in total. The second kappa shape index (κ2) is 13.3. The van der Waals surface area contributed by atoms with E-state index in [0.29, 0.717) is 17.5 Å². The average Bonchev–Trinajstić information content (AvgIpc) is 3.34. The monoisotopic (exact) mass is 638 g/mol. The van der Waals surface area contributed by atoms with E-state index in [1.165, 1.54) is 22.7 Å². The zero-order valence-electron chi connectivity index (χ0n) is 20.1. The highest BCUT2D eigenvalue weighted by Crippen LogP contribution is 2.66. The first kappa shape index (κ1) is 32.5. The number of fused-ring (bicyclic) bond motifs is 1. The van der Waals surface area contributed by atoms with Gasteiger partial charge in [-0.3, -0.25) is 9.09 Å². The highest BCUT2D eigenvalue weighted by molar-refractivity contribution is 7.99. The van der Waals surface area contributed by atoms with E-state index in [2.05, 4.69) is 28.1 Å². The summed E-state index contributed by atoms with van der Waals surface area (Å²) < 4.78 is 52.8. The van der Waals surface area contributed by atoms with Gasteiger partial charge in [-0.05, 0) is 19.4 Å². The lowest BCUT2D eigenvalue weighted by Gasteiger charge is -2.19. The fraction of sp³-hybridized carbons (Fsp3) is 0.688. The summed E-state index contributed by atoms with van der Waals surface area (Å²) in [6.45, 7) is -0.330. The summed E-state index contributed by atoms with van der Waals surface area (Å²) in [5.41, 5.74) is 11.9. The maximum absolute atomic E-state index is 12.0. The Bertz CT molecular complexity index is 1280. The van der Waals surface area contributed by atoms with Crippen LogP contribution < -0.4 is 11.5 Å². The molecule has 0 bridgehead atoms. The Morgan fingerprint density at radius 2 is 1.69 bits per heavy atom. The first-order valence-electron chi connectivity index (χ1n) is 11.3. The number of phosphoric acid groups is 3. The van der Waals surface area contributed by atoms with E-state index in [1.54, 1.807) is 0 Å². The van der Waals surface area contributed by atoms with Crippen LogP contribution in [0, 0.1) is 0 Å². The molecule has 6 atom stereocenters. The van der Waals surface area contributed by atoms with Gasteiger partial charge in [0.15, 0.2) is 22.8 Å². The van der Waals surface area contributed by atoms with E-state index in [0.717, 1.165) is 25.7 Å². The van der Waals surface area contributed by atoms with Crippen molar-refractivity contribution in [2.24, 2.45) is 5.73 Å². The molecule has 39 heavy (non-hydrogen) atoms. The van der Waals surface area contributed by atoms with Gasteiger partial charge in [0.05, 0.1) is 12.9 Å². The van der Waals surface area contributed by atoms with Crippen LogP contribution in [-0.2, 0) is 31.6 Å². The average molecular weight is 638 g/mol. The number of unbranched alkanes of at least 4 members (excludes halogenated alkanes) is 3. The second-order valence-corrected chi connectivity index (χ2v) is 13.7. The Kier molecular flexibility index (Phi) is 11.1. The van der Waals surface area contributed by atoms with E-state index < -0.39 is 54.6 Å². The van der Waals surface area contributed by atoms with Gasteiger partial charge in [0.25, 0.3) is 0 Å². The normalized spacial score (nSPS) is 25.1. The molecule has 222 valence electrons. The number of thioether (sulfide) groups is 1. The third-order valence-electron chi connectivity index (χ3n) is 5.19. The molecule has 23 heteroatoms. The number of nitrogen functional groups attached to an aromatic ring is 1. The molecule has 2 aromatic rings. The van der Waals surface area contributed by atoms with E-state index in [9.17, 15) is 33.7 Å². The van der Waals surface area contributed by atoms with Gasteiger partial charge in [0.1, 0.15) is 23.8 Å². The molecule has 2 aromatic heterocycles. The van der Waals surface area contributed by atoms with Crippen molar-refractivity contribution in [1.29, 1.82) is 0 Å². The summed E-state index contributed by atoms with van der Waals surface area (Å²) in [5, 5.41) is 21.3. The molecule has 6 unspecified atom stereocenters. The third-order valence-corrected chi connectivity index (χ3v) is 9.92. The van der Waals surface area contributed by atoms with Crippen LogP contribution in [-0.4, -0.2) is 86.5 Å². The molecule has 1 saturated heterocycles. The number of anilines is 1. The van der Waals surface area contributed by atoms with Crippen LogP contribution in [0.4, 0.5) is 5.82 Å². The number of hydrogen-bond acceptors (Lipinski definition) is 15. The Hall–Kier alpha value is -1.05. The minimum Gasteiger partial charge on any atom is -0.387 e. The lowest BCUT2D eigenvalue weighted by atomic mass is 10.1. The van der Waals surface area contributed by atoms with E-state index in [1.807, 2.05) is 0 Å². The van der Waals surface area contributed by atoms with Crippen molar-refractivity contribution < 1.29 is 61.4 Å². The van der Waals surface area contributed by atoms with Gasteiger partial charge in [-0.25, -0.2) is 28.6 Å². The molecule has 0 aromatic carbocycles. The summed E-state index contributed by atoms with van der Waals surface area (Å²) in [5.74, 6) is 0.787. The highest BCUT2D eigenvalue weighted by atomic mass is 32.2. The predicted molar refractivity (Wildman–Crippen MR) is 134 cm³/mol. The smallest absolute Gasteiger partial charge is 0.387 e. The van der Waals surface area contributed by atoms with Crippen LogP contribution in [0.3, 0.4) is 0 Å². The van der Waals surface area contributed by atoms with Crippen molar-refractivity contribution in [3.8, 4) is 0 Å². The molecule has 19 nitrogen and oxygen atoms in total. The summed E-state index contributed by atoms with van der Waals surface area (Å²) >= 11 is 1.36. The second-order valence-electron chi connectivity index (χ2n) is 8.20. The van der Waals surface area contributed by atoms with Gasteiger partial charge in [-0.1, -0.05) is 24.6 Å². The number of aliphatic hydroxyl groups is 2. The fourth-order valence-electron chi connectivity index (χ4n) is 3.50. The number of imidazole rings is 1. The largest absolute Gasteiger partial charge is 0.490 e. The topological polar surface area (TPSA) is 305 Å². The van der Waals surface area contributed by atoms with Crippen molar-refractivity contribution in [2.45, 2.75) is 55.4 Å². The number of hydrogen-bond donors (Lipinski definition) is 8. The maximum Gasteiger partial charge on any atom is 0.490 e. The summed E-state index contributed by atoms with van der Waals surface area (Å²) in [6.07, 6.45) is -1.03. The number of nitrogens with two attached hydrogens (primary N) is 2. The minimum atomic E-state index is -5.73. The molecule has 0 radical (unpaired) electrons. The van der Waals surface area contributed by atoms with Gasteiger partial charge < -0.3 is 46.0 Å². The first-order chi connectivity index (χ1) is 18.1. The molecule has 1 aliphatic heterocycles. The van der Waals surface area contributed by atoms with Gasteiger partial charge in [-0.2, -0.15) is 8.62 Å². The summed E-state index contributed by atoms with van der Waals surface area (Å²) in [4.78, 5) is 48.8. The zero-order valence-corrected chi connectivity index (χ0v) is 23.6. The van der Waals surface area contributed by atoms with Gasteiger partial charge in [0, 0.05) is 5.75 Å². The van der Waals surface area contributed by atoms with Gasteiger partial charge in [-0.15, -0.1) is 0 Å². The molecule has 1 aliphatic rings. The van der Waals surface area contributed by atoms with Gasteiger partial charge in [0.2, 0.25) is 0 Å². The van der Waals surface area contributed by atoms with Crippen LogP contribution in [0.15, 0.2) is 11.5 Å². The molecular formula is C16H29N6O13P3S. The predicted octanol–water partition coefficient (Wildman–Crippen LogP) is -0.0178. The van der Waals surface area contributed by atoms with Crippen LogP contribution in [0.2, 0.25) is 0 Å². The van der Waals surface area contributed by atoms with Crippen LogP contribution in [0.25, 0.3) is 11.2 Å². The van der Waals surface area contributed by atoms with Crippen molar-refractivity contribution in [3.05, 3.63) is 6.33 Å². The lowest BCUT2D eigenvalue weighted by molar-refractivity contribution is -0.0503. The first-order valence-corrected chi connectivity index (χ1v) is 16.8. The number of phosphoric ester groups is 1. The molecule has 3 heterocycles. The molecule has 0 aliphatic carbocycles. The van der Waals surface area contributed by atoms with Gasteiger partial charge >= 0.3 is 23.5 Å². The SMILES string of the molecule is NCCCCCCSc1nc(N)c2ncn(C3OC(COP(=O)(O)OP(=O)(O)OP(=O)(O)O)C(O)C3O)c2n1. The zero-order chi connectivity index (χ0) is 29.0.